The van der Waals surface area contributed by atoms with Crippen molar-refractivity contribution in [3.8, 4) is 0 Å². The maximum atomic E-state index is 11.8. The second kappa shape index (κ2) is 11.2. The Morgan fingerprint density at radius 3 is 1.71 bits per heavy atom. The predicted octanol–water partition coefficient (Wildman–Crippen LogP) is 3.95. The maximum absolute atomic E-state index is 11.8. The molecule has 0 aliphatic heterocycles. The highest BCUT2D eigenvalue weighted by atomic mass is 16.2. The van der Waals surface area contributed by atoms with Crippen LogP contribution in [0.15, 0.2) is 78.9 Å². The fourth-order valence-electron chi connectivity index (χ4n) is 2.36. The van der Waals surface area contributed by atoms with Crippen LogP contribution >= 0.6 is 0 Å². The topological polar surface area (TPSA) is 127 Å². The zero-order chi connectivity index (χ0) is 22.8. The lowest BCUT2D eigenvalue weighted by molar-refractivity contribution is -0.129. The summed E-state index contributed by atoms with van der Waals surface area (Å²) in [5.74, 6) is -1.15. The van der Waals surface area contributed by atoms with Gasteiger partial charge in [0.05, 0.1) is 5.92 Å². The summed E-state index contributed by atoms with van der Waals surface area (Å²) < 4.78 is 0. The van der Waals surface area contributed by atoms with E-state index in [1.54, 1.807) is 67.6 Å². The molecule has 6 N–H and O–H groups in total. The Balaban J connectivity index is 0.000000225. The van der Waals surface area contributed by atoms with Gasteiger partial charge in [-0.05, 0) is 74.5 Å². The fourth-order valence-corrected chi connectivity index (χ4v) is 2.36. The number of carbonyl (C=O) groups excluding carboxylic acids is 3. The van der Waals surface area contributed by atoms with Crippen LogP contribution in [0.3, 0.4) is 0 Å². The minimum Gasteiger partial charge on any atom is -0.399 e. The van der Waals surface area contributed by atoms with E-state index < -0.39 is 5.92 Å². The number of amides is 2. The predicted molar refractivity (Wildman–Crippen MR) is 125 cm³/mol. The molecule has 0 saturated heterocycles. The second-order valence-corrected chi connectivity index (χ2v) is 6.89. The smallest absolute Gasteiger partial charge is 0.255 e. The zero-order valence-electron chi connectivity index (χ0n) is 17.5. The number of rotatable bonds is 5. The Bertz CT molecular complexity index is 1020. The van der Waals surface area contributed by atoms with Crippen molar-refractivity contribution in [3.63, 3.8) is 0 Å². The summed E-state index contributed by atoms with van der Waals surface area (Å²) in [6, 6.07) is 22.8. The molecule has 0 saturated carbocycles. The number of nitrogens with one attached hydrogen (secondary N) is 2. The molecule has 3 aromatic carbocycles. The van der Waals surface area contributed by atoms with E-state index in [9.17, 15) is 14.4 Å². The Morgan fingerprint density at radius 2 is 1.19 bits per heavy atom. The van der Waals surface area contributed by atoms with Crippen LogP contribution in [0.2, 0.25) is 0 Å². The summed E-state index contributed by atoms with van der Waals surface area (Å²) in [6.45, 7) is 3.01. The summed E-state index contributed by atoms with van der Waals surface area (Å²) in [5.41, 5.74) is 14.4. The van der Waals surface area contributed by atoms with Crippen molar-refractivity contribution in [1.82, 2.24) is 0 Å². The molecule has 0 radical (unpaired) electrons. The minimum absolute atomic E-state index is 0.126. The SMILES string of the molecule is CC(=O)C(C)C(=O)Nc1ccccc1.Nc1ccc(NC(=O)c2ccc(N)cc2)cc1. The average molecular weight is 418 g/mol. The normalized spacial score (nSPS) is 10.8. The molecule has 7 nitrogen and oxygen atoms in total. The van der Waals surface area contributed by atoms with E-state index in [0.717, 1.165) is 0 Å². The number of carbonyl (C=O) groups is 3. The minimum atomic E-state index is -0.588. The van der Waals surface area contributed by atoms with Gasteiger partial charge < -0.3 is 22.1 Å². The molecule has 160 valence electrons. The monoisotopic (exact) mass is 418 g/mol. The number of Topliss-reactive ketones (excluding diaryl/α,β-unsaturated/α-hetero) is 1. The molecule has 31 heavy (non-hydrogen) atoms. The molecule has 3 rings (SSSR count). The van der Waals surface area contributed by atoms with Gasteiger partial charge in [0.15, 0.2) is 0 Å². The van der Waals surface area contributed by atoms with Gasteiger partial charge in [-0.25, -0.2) is 0 Å². The first-order chi connectivity index (χ1) is 14.8. The van der Waals surface area contributed by atoms with E-state index in [1.165, 1.54) is 6.92 Å². The van der Waals surface area contributed by atoms with E-state index in [1.807, 2.05) is 18.2 Å². The summed E-state index contributed by atoms with van der Waals surface area (Å²) in [6.07, 6.45) is 0. The molecule has 0 spiro atoms. The first-order valence-electron chi connectivity index (χ1n) is 9.65. The van der Waals surface area contributed by atoms with Crippen molar-refractivity contribution < 1.29 is 14.4 Å². The van der Waals surface area contributed by atoms with E-state index >= 15 is 0 Å². The number of ketones is 1. The molecule has 2 amide bonds. The van der Waals surface area contributed by atoms with Crippen molar-refractivity contribution in [2.45, 2.75) is 13.8 Å². The van der Waals surface area contributed by atoms with Gasteiger partial charge in [0.1, 0.15) is 5.78 Å². The molecule has 1 atom stereocenters. The van der Waals surface area contributed by atoms with E-state index in [-0.39, 0.29) is 17.6 Å². The average Bonchev–Trinajstić information content (AvgIpc) is 2.76. The van der Waals surface area contributed by atoms with Crippen LogP contribution in [0.25, 0.3) is 0 Å². The fraction of sp³-hybridized carbons (Fsp3) is 0.125. The van der Waals surface area contributed by atoms with Crippen LogP contribution in [0.1, 0.15) is 24.2 Å². The number of hydrogen-bond donors (Lipinski definition) is 4. The van der Waals surface area contributed by atoms with Crippen molar-refractivity contribution in [1.29, 1.82) is 0 Å². The molecule has 0 bridgehead atoms. The van der Waals surface area contributed by atoms with Crippen LogP contribution in [-0.4, -0.2) is 17.6 Å². The standard InChI is InChI=1S/C13H13N3O.C11H13NO2/c14-10-3-1-9(2-4-10)13(17)16-12-7-5-11(15)6-8-12;1-8(9(2)13)11(14)12-10-6-4-3-5-7-10/h1-8H,14-15H2,(H,16,17);3-8H,1-2H3,(H,12,14). The molecule has 0 heterocycles. The van der Waals surface area contributed by atoms with Crippen molar-refractivity contribution in [2.24, 2.45) is 5.92 Å². The highest BCUT2D eigenvalue weighted by molar-refractivity contribution is 6.06. The number of nitrogens with two attached hydrogens (primary N) is 2. The lowest BCUT2D eigenvalue weighted by atomic mass is 10.1. The van der Waals surface area contributed by atoms with E-state index in [0.29, 0.717) is 28.3 Å². The molecule has 3 aromatic rings. The van der Waals surface area contributed by atoms with Gasteiger partial charge in [-0.3, -0.25) is 14.4 Å². The third-order valence-corrected chi connectivity index (χ3v) is 4.39. The number of anilines is 4. The molecule has 0 aliphatic rings. The summed E-state index contributed by atoms with van der Waals surface area (Å²) in [5, 5.41) is 5.43. The summed E-state index contributed by atoms with van der Waals surface area (Å²) >= 11 is 0. The quantitative estimate of drug-likeness (QED) is 0.368. The highest BCUT2D eigenvalue weighted by Crippen LogP contribution is 2.13. The second-order valence-electron chi connectivity index (χ2n) is 6.89. The summed E-state index contributed by atoms with van der Waals surface area (Å²) in [7, 11) is 0. The molecular formula is C24H26N4O3. The number of benzene rings is 3. The molecule has 0 fully saturated rings. The van der Waals surface area contributed by atoms with Crippen LogP contribution in [0, 0.1) is 5.92 Å². The highest BCUT2D eigenvalue weighted by Gasteiger charge is 2.16. The Labute approximate surface area is 181 Å². The molecule has 1 unspecified atom stereocenters. The van der Waals surface area contributed by atoms with Gasteiger partial charge in [0, 0.05) is 28.3 Å². The Hall–Kier alpha value is -4.13. The molecule has 0 aromatic heterocycles. The number of nitrogen functional groups attached to an aromatic ring is 2. The van der Waals surface area contributed by atoms with Crippen LogP contribution in [0.4, 0.5) is 22.7 Å². The molecule has 7 heteroatoms. The molecule has 0 aliphatic carbocycles. The van der Waals surface area contributed by atoms with Crippen LogP contribution in [-0.2, 0) is 9.59 Å². The van der Waals surface area contributed by atoms with Gasteiger partial charge >= 0.3 is 0 Å². The Kier molecular flexibility index (Phi) is 8.33. The van der Waals surface area contributed by atoms with Gasteiger partial charge in [-0.15, -0.1) is 0 Å². The largest absolute Gasteiger partial charge is 0.399 e. The van der Waals surface area contributed by atoms with Gasteiger partial charge in [-0.2, -0.15) is 0 Å². The van der Waals surface area contributed by atoms with Crippen molar-refractivity contribution >= 4 is 40.3 Å². The molecular weight excluding hydrogens is 392 g/mol. The van der Waals surface area contributed by atoms with E-state index in [4.69, 9.17) is 11.5 Å². The lowest BCUT2D eigenvalue weighted by Crippen LogP contribution is -2.25. The summed E-state index contributed by atoms with van der Waals surface area (Å²) in [4.78, 5) is 34.2. The lowest BCUT2D eigenvalue weighted by Gasteiger charge is -2.08. The van der Waals surface area contributed by atoms with Crippen LogP contribution in [0.5, 0.6) is 0 Å². The van der Waals surface area contributed by atoms with Gasteiger partial charge in [0.25, 0.3) is 5.91 Å². The third kappa shape index (κ3) is 7.66. The third-order valence-electron chi connectivity index (χ3n) is 4.39. The first kappa shape index (κ1) is 23.2. The number of hydrogen-bond acceptors (Lipinski definition) is 5. The van der Waals surface area contributed by atoms with Gasteiger partial charge in [-0.1, -0.05) is 18.2 Å². The van der Waals surface area contributed by atoms with E-state index in [2.05, 4.69) is 10.6 Å². The number of para-hydroxylation sites is 1. The Morgan fingerprint density at radius 1 is 0.710 bits per heavy atom. The van der Waals surface area contributed by atoms with Crippen molar-refractivity contribution in [3.05, 3.63) is 84.4 Å². The zero-order valence-corrected chi connectivity index (χ0v) is 17.5. The maximum Gasteiger partial charge on any atom is 0.255 e. The van der Waals surface area contributed by atoms with Crippen LogP contribution < -0.4 is 22.1 Å². The first-order valence-corrected chi connectivity index (χ1v) is 9.65. The van der Waals surface area contributed by atoms with Crippen molar-refractivity contribution in [2.75, 3.05) is 22.1 Å². The van der Waals surface area contributed by atoms with Gasteiger partial charge in [0.2, 0.25) is 5.91 Å².